The molecule has 0 aliphatic carbocycles. The van der Waals surface area contributed by atoms with Crippen molar-refractivity contribution < 1.29 is 14.6 Å². The first-order valence-electron chi connectivity index (χ1n) is 7.04. The van der Waals surface area contributed by atoms with Gasteiger partial charge in [0.1, 0.15) is 11.5 Å². The Morgan fingerprint density at radius 2 is 1.50 bits per heavy atom. The number of nitrogens with one attached hydrogen (secondary N) is 1. The number of anilines is 1. The molecule has 2 N–H and O–H groups in total. The number of methoxy groups -OCH3 is 2. The van der Waals surface area contributed by atoms with Crippen LogP contribution in [0.4, 0.5) is 5.69 Å². The summed E-state index contributed by atoms with van der Waals surface area (Å²) in [5.74, 6) is 2.29. The van der Waals surface area contributed by atoms with Crippen molar-refractivity contribution in [3.63, 3.8) is 0 Å². The Hall–Kier alpha value is -1.85. The third-order valence-corrected chi connectivity index (χ3v) is 4.29. The molecule has 2 aromatic carbocycles. The second kappa shape index (κ2) is 8.56. The molecule has 4 nitrogen and oxygen atoms in total. The van der Waals surface area contributed by atoms with Gasteiger partial charge in [0.05, 0.1) is 20.3 Å². The van der Waals surface area contributed by atoms with E-state index in [4.69, 9.17) is 9.47 Å². The molecule has 2 aromatic rings. The van der Waals surface area contributed by atoms with Gasteiger partial charge in [-0.25, -0.2) is 0 Å². The third kappa shape index (κ3) is 5.16. The number of hydrogen-bond acceptors (Lipinski definition) is 5. The monoisotopic (exact) mass is 319 g/mol. The van der Waals surface area contributed by atoms with Crippen molar-refractivity contribution >= 4 is 17.4 Å². The van der Waals surface area contributed by atoms with E-state index in [9.17, 15) is 5.11 Å². The molecule has 0 aliphatic heterocycles. The van der Waals surface area contributed by atoms with Gasteiger partial charge in [0.15, 0.2) is 0 Å². The van der Waals surface area contributed by atoms with Gasteiger partial charge in [-0.3, -0.25) is 0 Å². The summed E-state index contributed by atoms with van der Waals surface area (Å²) in [5.41, 5.74) is 0.967. The van der Waals surface area contributed by atoms with Crippen LogP contribution in [0.15, 0.2) is 53.4 Å². The zero-order valence-corrected chi connectivity index (χ0v) is 13.6. The molecule has 1 atom stereocenters. The minimum absolute atomic E-state index is 0.422. The summed E-state index contributed by atoms with van der Waals surface area (Å²) in [7, 11) is 3.29. The predicted octanol–water partition coefficient (Wildman–Crippen LogP) is 3.27. The molecule has 0 heterocycles. The van der Waals surface area contributed by atoms with Crippen LogP contribution < -0.4 is 14.8 Å². The Morgan fingerprint density at radius 1 is 0.955 bits per heavy atom. The number of ether oxygens (including phenoxy) is 2. The van der Waals surface area contributed by atoms with E-state index in [2.05, 4.69) is 5.32 Å². The standard InChI is InChI=1S/C17H21NO3S/c1-20-15-5-3-13(4-6-15)18-11-14(19)12-22-17-9-7-16(21-2)8-10-17/h3-10,14,18-19H,11-12H2,1-2H3/t14-/m0/s1. The molecule has 0 bridgehead atoms. The van der Waals surface area contributed by atoms with Crippen LogP contribution in [0.5, 0.6) is 11.5 Å². The van der Waals surface area contributed by atoms with Crippen LogP contribution in [0.25, 0.3) is 0 Å². The molecule has 22 heavy (non-hydrogen) atoms. The molecule has 2 rings (SSSR count). The maximum Gasteiger partial charge on any atom is 0.119 e. The number of benzene rings is 2. The highest BCUT2D eigenvalue weighted by atomic mass is 32.2. The molecule has 0 saturated carbocycles. The average Bonchev–Trinajstić information content (AvgIpc) is 2.59. The molecule has 0 aromatic heterocycles. The zero-order chi connectivity index (χ0) is 15.8. The van der Waals surface area contributed by atoms with Gasteiger partial charge in [-0.15, -0.1) is 11.8 Å². The fourth-order valence-electron chi connectivity index (χ4n) is 1.87. The van der Waals surface area contributed by atoms with Crippen molar-refractivity contribution in [1.82, 2.24) is 0 Å². The SMILES string of the molecule is COc1ccc(NC[C@H](O)CSc2ccc(OC)cc2)cc1. The van der Waals surface area contributed by atoms with Gasteiger partial charge in [-0.1, -0.05) is 0 Å². The van der Waals surface area contributed by atoms with E-state index in [1.165, 1.54) is 0 Å². The van der Waals surface area contributed by atoms with E-state index in [0.717, 1.165) is 22.1 Å². The van der Waals surface area contributed by atoms with E-state index >= 15 is 0 Å². The normalized spacial score (nSPS) is 11.8. The van der Waals surface area contributed by atoms with Crippen molar-refractivity contribution in [3.8, 4) is 11.5 Å². The van der Waals surface area contributed by atoms with E-state index in [-0.39, 0.29) is 0 Å². The van der Waals surface area contributed by atoms with E-state index in [1.54, 1.807) is 26.0 Å². The van der Waals surface area contributed by atoms with Gasteiger partial charge < -0.3 is 19.9 Å². The Bertz CT molecular complexity index is 506. The Labute approximate surface area is 135 Å². The van der Waals surface area contributed by atoms with Crippen molar-refractivity contribution in [2.24, 2.45) is 0 Å². The van der Waals surface area contributed by atoms with E-state index < -0.39 is 6.10 Å². The molecule has 118 valence electrons. The van der Waals surface area contributed by atoms with Crippen LogP contribution in [0.3, 0.4) is 0 Å². The quantitative estimate of drug-likeness (QED) is 0.731. The highest BCUT2D eigenvalue weighted by Crippen LogP contribution is 2.22. The first-order chi connectivity index (χ1) is 10.7. The summed E-state index contributed by atoms with van der Waals surface area (Å²) in [4.78, 5) is 1.12. The summed E-state index contributed by atoms with van der Waals surface area (Å²) >= 11 is 1.62. The largest absolute Gasteiger partial charge is 0.497 e. The first-order valence-corrected chi connectivity index (χ1v) is 8.02. The minimum Gasteiger partial charge on any atom is -0.497 e. The lowest BCUT2D eigenvalue weighted by atomic mass is 10.3. The summed E-state index contributed by atoms with van der Waals surface area (Å²) in [6.45, 7) is 0.509. The Kier molecular flexibility index (Phi) is 6.43. The number of rotatable bonds is 8. The van der Waals surface area contributed by atoms with Gasteiger partial charge in [0, 0.05) is 22.9 Å². The summed E-state index contributed by atoms with van der Waals surface area (Å²) < 4.78 is 10.2. The fourth-order valence-corrected chi connectivity index (χ4v) is 2.70. The molecule has 0 amide bonds. The summed E-state index contributed by atoms with van der Waals surface area (Å²) in [6, 6.07) is 15.5. The molecule has 0 unspecified atom stereocenters. The van der Waals surface area contributed by atoms with Gasteiger partial charge in [-0.2, -0.15) is 0 Å². The number of aliphatic hydroxyl groups excluding tert-OH is 1. The van der Waals surface area contributed by atoms with Crippen LogP contribution in [-0.2, 0) is 0 Å². The molecule has 0 radical (unpaired) electrons. The average molecular weight is 319 g/mol. The molecule has 0 fully saturated rings. The lowest BCUT2D eigenvalue weighted by Crippen LogP contribution is -2.21. The highest BCUT2D eigenvalue weighted by Gasteiger charge is 2.05. The predicted molar refractivity (Wildman–Crippen MR) is 91.2 cm³/mol. The second-order valence-corrected chi connectivity index (χ2v) is 5.84. The Balaban J connectivity index is 1.73. The van der Waals surface area contributed by atoms with Gasteiger partial charge in [0.25, 0.3) is 0 Å². The number of hydrogen-bond donors (Lipinski definition) is 2. The van der Waals surface area contributed by atoms with Gasteiger partial charge >= 0.3 is 0 Å². The molecular formula is C17H21NO3S. The van der Waals surface area contributed by atoms with Crippen molar-refractivity contribution in [2.45, 2.75) is 11.0 Å². The topological polar surface area (TPSA) is 50.7 Å². The lowest BCUT2D eigenvalue weighted by molar-refractivity contribution is 0.213. The van der Waals surface area contributed by atoms with Crippen molar-refractivity contribution in [1.29, 1.82) is 0 Å². The highest BCUT2D eigenvalue weighted by molar-refractivity contribution is 7.99. The van der Waals surface area contributed by atoms with Gasteiger partial charge in [-0.05, 0) is 48.5 Å². The smallest absolute Gasteiger partial charge is 0.119 e. The van der Waals surface area contributed by atoms with E-state index in [0.29, 0.717) is 12.3 Å². The molecular weight excluding hydrogens is 298 g/mol. The number of aliphatic hydroxyl groups is 1. The molecule has 0 spiro atoms. The molecule has 5 heteroatoms. The fraction of sp³-hybridized carbons (Fsp3) is 0.294. The van der Waals surface area contributed by atoms with Crippen molar-refractivity contribution in [2.75, 3.05) is 31.8 Å². The summed E-state index contributed by atoms with van der Waals surface area (Å²) in [6.07, 6.45) is -0.422. The zero-order valence-electron chi connectivity index (χ0n) is 12.8. The first kappa shape index (κ1) is 16.5. The molecule has 0 saturated heterocycles. The molecule has 0 aliphatic rings. The van der Waals surface area contributed by atoms with Gasteiger partial charge in [0.2, 0.25) is 0 Å². The van der Waals surface area contributed by atoms with Crippen LogP contribution >= 0.6 is 11.8 Å². The minimum atomic E-state index is -0.422. The van der Waals surface area contributed by atoms with Crippen LogP contribution in [0.2, 0.25) is 0 Å². The lowest BCUT2D eigenvalue weighted by Gasteiger charge is -2.13. The Morgan fingerprint density at radius 3 is 2.05 bits per heavy atom. The van der Waals surface area contributed by atoms with Crippen molar-refractivity contribution in [3.05, 3.63) is 48.5 Å². The maximum atomic E-state index is 10.0. The number of thioether (sulfide) groups is 1. The van der Waals surface area contributed by atoms with Crippen LogP contribution in [0.1, 0.15) is 0 Å². The van der Waals surface area contributed by atoms with Crippen LogP contribution in [-0.4, -0.2) is 37.7 Å². The van der Waals surface area contributed by atoms with E-state index in [1.807, 2.05) is 48.5 Å². The maximum absolute atomic E-state index is 10.0. The van der Waals surface area contributed by atoms with Crippen LogP contribution in [0, 0.1) is 0 Å². The summed E-state index contributed by atoms with van der Waals surface area (Å²) in [5, 5.41) is 13.3. The third-order valence-electron chi connectivity index (χ3n) is 3.13. The second-order valence-electron chi connectivity index (χ2n) is 4.75.